The van der Waals surface area contributed by atoms with Crippen molar-refractivity contribution >= 4 is 15.7 Å². The van der Waals surface area contributed by atoms with Crippen molar-refractivity contribution in [2.24, 2.45) is 0 Å². The molecule has 2 aromatic carbocycles. The number of nitrogens with zero attached hydrogens (tertiary/aromatic N) is 2. The van der Waals surface area contributed by atoms with E-state index in [0.29, 0.717) is 12.2 Å². The average molecular weight is 385 g/mol. The molecule has 0 saturated carbocycles. The van der Waals surface area contributed by atoms with Crippen LogP contribution in [0.4, 0.5) is 5.69 Å². The van der Waals surface area contributed by atoms with Crippen molar-refractivity contribution in [2.75, 3.05) is 31.5 Å². The number of para-hydroxylation sites is 1. The van der Waals surface area contributed by atoms with Crippen molar-refractivity contribution in [2.45, 2.75) is 17.9 Å². The Morgan fingerprint density at radius 2 is 1.56 bits per heavy atom. The van der Waals surface area contributed by atoms with Crippen molar-refractivity contribution in [3.05, 3.63) is 60.2 Å². The molecule has 5 nitrogen and oxygen atoms in total. The van der Waals surface area contributed by atoms with Gasteiger partial charge in [-0.05, 0) is 45.3 Å². The van der Waals surface area contributed by atoms with Gasteiger partial charge >= 0.3 is 1.43 Å². The van der Waals surface area contributed by atoms with Gasteiger partial charge in [-0.15, -0.1) is 0 Å². The molecule has 2 rings (SSSR count). The molecule has 0 aliphatic heterocycles. The normalized spacial score (nSPS) is 12.5. The van der Waals surface area contributed by atoms with Crippen molar-refractivity contribution in [3.63, 3.8) is 0 Å². The van der Waals surface area contributed by atoms with Gasteiger partial charge in [-0.1, -0.05) is 35.9 Å². The van der Waals surface area contributed by atoms with E-state index in [9.17, 15) is 13.5 Å². The van der Waals surface area contributed by atoms with Crippen LogP contribution in [0.15, 0.2) is 59.5 Å². The van der Waals surface area contributed by atoms with E-state index in [1.807, 2.05) is 32.0 Å². The summed E-state index contributed by atoms with van der Waals surface area (Å²) in [6.07, 6.45) is -0.791. The van der Waals surface area contributed by atoms with Crippen LogP contribution in [0.1, 0.15) is 6.99 Å². The number of halogens is 1. The van der Waals surface area contributed by atoms with Gasteiger partial charge in [0.2, 0.25) is 0 Å². The number of aliphatic hydroxyl groups is 1. The fraction of sp³-hybridized carbons (Fsp3) is 0.333. The standard InChI is InChI=1S/C18H24N2O3S.ClH/c1-15-9-11-18(12-10-15)24(22,23)20(14-17(21)13-19(2)3)16-7-5-4-6-8-16;/h4-12,17,21H,13-14H2,1-3H3;1H. The Kier molecular flexibility index (Phi) is 7.89. The molecule has 1 atom stereocenters. The maximum absolute atomic E-state index is 13.1. The molecule has 25 heavy (non-hydrogen) atoms. The van der Waals surface area contributed by atoms with Gasteiger partial charge in [-0.2, -0.15) is 0 Å². The number of rotatable bonds is 7. The van der Waals surface area contributed by atoms with Crippen LogP contribution in [0.25, 0.3) is 0 Å². The van der Waals surface area contributed by atoms with Crippen LogP contribution in [0.2, 0.25) is 0 Å². The summed E-state index contributed by atoms with van der Waals surface area (Å²) >= 11 is 0. The smallest absolute Gasteiger partial charge is 1.00 e. The molecule has 2 aromatic rings. The van der Waals surface area contributed by atoms with E-state index in [-0.39, 0.29) is 25.3 Å². The van der Waals surface area contributed by atoms with Gasteiger partial charge in [0.25, 0.3) is 10.0 Å². The summed E-state index contributed by atoms with van der Waals surface area (Å²) < 4.78 is 27.4. The summed E-state index contributed by atoms with van der Waals surface area (Å²) in [5, 5.41) is 10.3. The van der Waals surface area contributed by atoms with Crippen molar-refractivity contribution in [1.29, 1.82) is 0 Å². The molecule has 1 N–H and O–H groups in total. The SMILES string of the molecule is Cc1ccc(S(=O)(=O)N(CC(O)CN(C)C)c2ccccc2)cc1.[Cl-].[H+]. The second-order valence-electron chi connectivity index (χ2n) is 6.10. The zero-order chi connectivity index (χ0) is 17.7. The summed E-state index contributed by atoms with van der Waals surface area (Å²) in [4.78, 5) is 2.04. The minimum Gasteiger partial charge on any atom is -1.00 e. The number of aryl methyl sites for hydroxylation is 1. The summed E-state index contributed by atoms with van der Waals surface area (Å²) in [6, 6.07) is 15.6. The van der Waals surface area contributed by atoms with Gasteiger partial charge in [0.1, 0.15) is 0 Å². The topological polar surface area (TPSA) is 60.9 Å². The Bertz CT molecular complexity index is 756. The number of sulfonamides is 1. The lowest BCUT2D eigenvalue weighted by molar-refractivity contribution is -0.00000967. The van der Waals surface area contributed by atoms with Crippen molar-refractivity contribution in [1.82, 2.24) is 4.90 Å². The number of anilines is 1. The Labute approximate surface area is 157 Å². The van der Waals surface area contributed by atoms with Crippen LogP contribution >= 0.6 is 0 Å². The molecule has 7 heteroatoms. The van der Waals surface area contributed by atoms with Gasteiger partial charge in [0.05, 0.1) is 23.2 Å². The lowest BCUT2D eigenvalue weighted by atomic mass is 10.2. The minimum absolute atomic E-state index is 0. The zero-order valence-electron chi connectivity index (χ0n) is 15.6. The van der Waals surface area contributed by atoms with Crippen LogP contribution in [-0.2, 0) is 10.0 Å². The van der Waals surface area contributed by atoms with Gasteiger partial charge in [-0.3, -0.25) is 4.31 Å². The molecule has 0 spiro atoms. The molecule has 0 radical (unpaired) electrons. The van der Waals surface area contributed by atoms with Crippen molar-refractivity contribution < 1.29 is 27.4 Å². The second kappa shape index (κ2) is 9.20. The molecule has 138 valence electrons. The molecular weight excluding hydrogens is 360 g/mol. The highest BCUT2D eigenvalue weighted by Gasteiger charge is 2.27. The number of likely N-dealkylation sites (N-methyl/N-ethyl adjacent to an activating group) is 1. The van der Waals surface area contributed by atoms with Crippen LogP contribution in [0.3, 0.4) is 0 Å². The number of hydrogen-bond acceptors (Lipinski definition) is 4. The Morgan fingerprint density at radius 3 is 2.08 bits per heavy atom. The molecule has 0 amide bonds. The van der Waals surface area contributed by atoms with E-state index >= 15 is 0 Å². The van der Waals surface area contributed by atoms with Gasteiger partial charge in [0, 0.05) is 6.54 Å². The minimum atomic E-state index is -3.75. The lowest BCUT2D eigenvalue weighted by Crippen LogP contribution is -3.00. The van der Waals surface area contributed by atoms with E-state index in [1.165, 1.54) is 4.31 Å². The molecule has 0 saturated heterocycles. The number of benzene rings is 2. The molecule has 0 heterocycles. The van der Waals surface area contributed by atoms with E-state index < -0.39 is 16.1 Å². The first kappa shape index (κ1) is 21.4. The monoisotopic (exact) mass is 384 g/mol. The molecule has 0 aliphatic rings. The van der Waals surface area contributed by atoms with E-state index in [1.54, 1.807) is 48.5 Å². The van der Waals surface area contributed by atoms with E-state index in [2.05, 4.69) is 0 Å². The molecule has 0 bridgehead atoms. The summed E-state index contributed by atoms with van der Waals surface area (Å²) in [6.45, 7) is 2.29. The quantitative estimate of drug-likeness (QED) is 0.681. The Morgan fingerprint density at radius 1 is 1.00 bits per heavy atom. The van der Waals surface area contributed by atoms with E-state index in [4.69, 9.17) is 0 Å². The van der Waals surface area contributed by atoms with Gasteiger partial charge in [-0.25, -0.2) is 8.42 Å². The largest absolute Gasteiger partial charge is 1.00 e. The number of hydrogen-bond donors (Lipinski definition) is 1. The molecule has 0 aliphatic carbocycles. The van der Waals surface area contributed by atoms with Crippen molar-refractivity contribution in [3.8, 4) is 0 Å². The Hall–Kier alpha value is -1.60. The first-order valence-electron chi connectivity index (χ1n) is 7.78. The zero-order valence-corrected chi connectivity index (χ0v) is 16.2. The van der Waals surface area contributed by atoms with Gasteiger partial charge < -0.3 is 22.4 Å². The van der Waals surface area contributed by atoms with Gasteiger partial charge in [0.15, 0.2) is 0 Å². The van der Waals surface area contributed by atoms with E-state index in [0.717, 1.165) is 5.56 Å². The summed E-state index contributed by atoms with van der Waals surface area (Å²) in [5.74, 6) is 0. The summed E-state index contributed by atoms with van der Waals surface area (Å²) in [5.41, 5.74) is 1.53. The average Bonchev–Trinajstić information content (AvgIpc) is 2.53. The first-order valence-corrected chi connectivity index (χ1v) is 9.22. The Balaban J connectivity index is 0.00000312. The maximum Gasteiger partial charge on any atom is 1.00 e. The third-order valence-electron chi connectivity index (χ3n) is 3.61. The molecular formula is C18H25ClN2O3S. The van der Waals surface area contributed by atoms with Crippen LogP contribution < -0.4 is 16.7 Å². The predicted molar refractivity (Wildman–Crippen MR) is 97.8 cm³/mol. The number of aliphatic hydroxyl groups excluding tert-OH is 1. The third-order valence-corrected chi connectivity index (χ3v) is 5.41. The lowest BCUT2D eigenvalue weighted by Gasteiger charge is -2.28. The second-order valence-corrected chi connectivity index (χ2v) is 7.96. The third kappa shape index (κ3) is 5.71. The van der Waals surface area contributed by atoms with Crippen LogP contribution in [-0.4, -0.2) is 51.7 Å². The molecule has 1 unspecified atom stereocenters. The highest BCUT2D eigenvalue weighted by Crippen LogP contribution is 2.24. The highest BCUT2D eigenvalue weighted by atomic mass is 35.5. The maximum atomic E-state index is 13.1. The predicted octanol–water partition coefficient (Wildman–Crippen LogP) is -0.771. The van der Waals surface area contributed by atoms with Crippen LogP contribution in [0, 0.1) is 6.92 Å². The molecule has 0 fully saturated rings. The fourth-order valence-electron chi connectivity index (χ4n) is 2.44. The molecule has 0 aromatic heterocycles. The van der Waals surface area contributed by atoms with Crippen LogP contribution in [0.5, 0.6) is 0 Å². The first-order chi connectivity index (χ1) is 11.3. The summed E-state index contributed by atoms with van der Waals surface area (Å²) in [7, 11) is -0.0712. The fourth-order valence-corrected chi connectivity index (χ4v) is 3.95. The highest BCUT2D eigenvalue weighted by molar-refractivity contribution is 7.92.